The highest BCUT2D eigenvalue weighted by Crippen LogP contribution is 2.27. The van der Waals surface area contributed by atoms with Gasteiger partial charge in [0, 0.05) is 54.7 Å². The Bertz CT molecular complexity index is 1360. The summed E-state index contributed by atoms with van der Waals surface area (Å²) in [6, 6.07) is 12.2. The van der Waals surface area contributed by atoms with E-state index in [1.165, 1.54) is 24.1 Å². The number of rotatable bonds is 5. The molecule has 0 bridgehead atoms. The zero-order valence-corrected chi connectivity index (χ0v) is 20.6. The Morgan fingerprint density at radius 1 is 1.12 bits per heavy atom. The number of pyridine rings is 1. The van der Waals surface area contributed by atoms with Gasteiger partial charge in [-0.2, -0.15) is 4.31 Å². The number of hydrogen-bond donors (Lipinski definition) is 1. The summed E-state index contributed by atoms with van der Waals surface area (Å²) in [7, 11) is -4.10. The SMILES string of the molecule is CC(=O)N1CCN(S(=O)(=O)c2cccc3cccnc23)C(C(=O)NCc2ccc(Cl)cc2Cl)C1. The lowest BCUT2D eigenvalue weighted by molar-refractivity contribution is -0.134. The third-order valence-electron chi connectivity index (χ3n) is 5.73. The fourth-order valence-electron chi connectivity index (χ4n) is 3.93. The summed E-state index contributed by atoms with van der Waals surface area (Å²) in [4.78, 5) is 31.0. The molecular weight excluding hydrogens is 499 g/mol. The van der Waals surface area contributed by atoms with Gasteiger partial charge in [-0.15, -0.1) is 0 Å². The Kier molecular flexibility index (Phi) is 7.09. The molecule has 0 saturated carbocycles. The summed E-state index contributed by atoms with van der Waals surface area (Å²) in [6.45, 7) is 1.56. The molecule has 0 spiro atoms. The highest BCUT2D eigenvalue weighted by molar-refractivity contribution is 7.89. The molecule has 1 aromatic heterocycles. The number of fused-ring (bicyclic) bond motifs is 1. The van der Waals surface area contributed by atoms with E-state index in [0.717, 1.165) is 4.31 Å². The van der Waals surface area contributed by atoms with Crippen LogP contribution in [0.3, 0.4) is 0 Å². The first kappa shape index (κ1) is 24.4. The standard InChI is InChI=1S/C23H22Cl2N4O4S/c1-15(30)28-10-11-29(34(32,33)21-6-2-4-16-5-3-9-26-22(16)21)20(14-28)23(31)27-13-17-7-8-18(24)12-19(17)25/h2-9,12,20H,10-11,13-14H2,1H3,(H,27,31). The third kappa shape index (κ3) is 4.88. The number of carbonyl (C=O) groups is 2. The zero-order chi connectivity index (χ0) is 24.5. The van der Waals surface area contributed by atoms with E-state index in [9.17, 15) is 18.0 Å². The van der Waals surface area contributed by atoms with Crippen molar-refractivity contribution in [2.24, 2.45) is 0 Å². The molecule has 0 radical (unpaired) electrons. The second-order valence-corrected chi connectivity index (χ2v) is 10.6. The maximum atomic E-state index is 13.7. The molecule has 2 amide bonds. The predicted octanol–water partition coefficient (Wildman–Crippen LogP) is 3.08. The molecule has 4 rings (SSSR count). The molecule has 1 atom stereocenters. The van der Waals surface area contributed by atoms with Crippen molar-refractivity contribution in [2.45, 2.75) is 24.4 Å². The average Bonchev–Trinajstić information content (AvgIpc) is 2.82. The molecule has 2 aromatic carbocycles. The van der Waals surface area contributed by atoms with Crippen LogP contribution in [0.15, 0.2) is 59.6 Å². The van der Waals surface area contributed by atoms with Gasteiger partial charge < -0.3 is 10.2 Å². The van der Waals surface area contributed by atoms with E-state index in [1.54, 1.807) is 42.5 Å². The van der Waals surface area contributed by atoms with Crippen molar-refractivity contribution in [2.75, 3.05) is 19.6 Å². The highest BCUT2D eigenvalue weighted by atomic mass is 35.5. The van der Waals surface area contributed by atoms with Gasteiger partial charge in [0.2, 0.25) is 21.8 Å². The highest BCUT2D eigenvalue weighted by Gasteiger charge is 2.41. The molecule has 1 aliphatic rings. The summed E-state index contributed by atoms with van der Waals surface area (Å²) in [5.74, 6) is -0.767. The van der Waals surface area contributed by atoms with Gasteiger partial charge in [0.05, 0.1) is 5.52 Å². The number of sulfonamides is 1. The average molecular weight is 521 g/mol. The molecule has 2 heterocycles. The predicted molar refractivity (Wildman–Crippen MR) is 130 cm³/mol. The van der Waals surface area contributed by atoms with E-state index in [2.05, 4.69) is 10.3 Å². The second kappa shape index (κ2) is 9.87. The maximum absolute atomic E-state index is 13.7. The number of nitrogens with one attached hydrogen (secondary N) is 1. The third-order valence-corrected chi connectivity index (χ3v) is 8.26. The van der Waals surface area contributed by atoms with Crippen molar-refractivity contribution in [3.8, 4) is 0 Å². The van der Waals surface area contributed by atoms with Crippen LogP contribution in [0.5, 0.6) is 0 Å². The van der Waals surface area contributed by atoms with Gasteiger partial charge in [0.1, 0.15) is 10.9 Å². The van der Waals surface area contributed by atoms with Crippen molar-refractivity contribution in [1.82, 2.24) is 19.5 Å². The van der Waals surface area contributed by atoms with Crippen molar-refractivity contribution < 1.29 is 18.0 Å². The number of carbonyl (C=O) groups excluding carboxylic acids is 2. The number of halogens is 2. The first-order valence-corrected chi connectivity index (χ1v) is 12.7. The van der Waals surface area contributed by atoms with E-state index < -0.39 is 22.0 Å². The molecule has 34 heavy (non-hydrogen) atoms. The molecule has 1 fully saturated rings. The van der Waals surface area contributed by atoms with Gasteiger partial charge in [0.15, 0.2) is 0 Å². The minimum absolute atomic E-state index is 0.0143. The van der Waals surface area contributed by atoms with Crippen LogP contribution in [0.4, 0.5) is 0 Å². The van der Waals surface area contributed by atoms with Gasteiger partial charge in [0.25, 0.3) is 0 Å². The van der Waals surface area contributed by atoms with E-state index in [-0.39, 0.29) is 37.0 Å². The summed E-state index contributed by atoms with van der Waals surface area (Å²) in [5.41, 5.74) is 0.956. The normalized spacial score (nSPS) is 17.0. The zero-order valence-electron chi connectivity index (χ0n) is 18.2. The second-order valence-electron chi connectivity index (χ2n) is 7.88. The van der Waals surface area contributed by atoms with Crippen molar-refractivity contribution >= 4 is 55.9 Å². The lowest BCUT2D eigenvalue weighted by atomic mass is 10.1. The largest absolute Gasteiger partial charge is 0.351 e. The Hall–Kier alpha value is -2.72. The van der Waals surface area contributed by atoms with Crippen LogP contribution >= 0.6 is 23.2 Å². The summed E-state index contributed by atoms with van der Waals surface area (Å²) >= 11 is 12.1. The van der Waals surface area contributed by atoms with Crippen LogP contribution in [0.25, 0.3) is 10.9 Å². The number of piperazine rings is 1. The topological polar surface area (TPSA) is 99.7 Å². The van der Waals surface area contributed by atoms with Crippen molar-refractivity contribution in [3.05, 3.63) is 70.3 Å². The molecule has 1 saturated heterocycles. The number of hydrogen-bond acceptors (Lipinski definition) is 5. The van der Waals surface area contributed by atoms with E-state index in [1.807, 2.05) is 0 Å². The Balaban J connectivity index is 1.65. The van der Waals surface area contributed by atoms with E-state index >= 15 is 0 Å². The van der Waals surface area contributed by atoms with E-state index in [0.29, 0.717) is 26.5 Å². The minimum Gasteiger partial charge on any atom is -0.351 e. The van der Waals surface area contributed by atoms with Crippen LogP contribution < -0.4 is 5.32 Å². The molecule has 3 aromatic rings. The number of aromatic nitrogens is 1. The molecular formula is C23H22Cl2N4O4S. The maximum Gasteiger partial charge on any atom is 0.246 e. The quantitative estimate of drug-likeness (QED) is 0.557. The molecule has 1 unspecified atom stereocenters. The molecule has 178 valence electrons. The van der Waals surface area contributed by atoms with Gasteiger partial charge >= 0.3 is 0 Å². The van der Waals surface area contributed by atoms with Gasteiger partial charge in [-0.3, -0.25) is 14.6 Å². The molecule has 1 N–H and O–H groups in total. The number of amides is 2. The minimum atomic E-state index is -4.10. The summed E-state index contributed by atoms with van der Waals surface area (Å²) in [6.07, 6.45) is 1.52. The lowest BCUT2D eigenvalue weighted by Gasteiger charge is -2.39. The van der Waals surface area contributed by atoms with E-state index in [4.69, 9.17) is 23.2 Å². The van der Waals surface area contributed by atoms with Crippen molar-refractivity contribution in [1.29, 1.82) is 0 Å². The van der Waals surface area contributed by atoms with Crippen LogP contribution in [-0.4, -0.2) is 60.1 Å². The fourth-order valence-corrected chi connectivity index (χ4v) is 6.14. The smallest absolute Gasteiger partial charge is 0.246 e. The van der Waals surface area contributed by atoms with Crippen LogP contribution in [-0.2, 0) is 26.2 Å². The Labute approximate surface area is 207 Å². The number of benzene rings is 2. The number of nitrogens with zero attached hydrogens (tertiary/aromatic N) is 3. The van der Waals surface area contributed by atoms with Gasteiger partial charge in [-0.05, 0) is 29.8 Å². The first-order chi connectivity index (χ1) is 16.2. The molecule has 1 aliphatic heterocycles. The van der Waals surface area contributed by atoms with Crippen LogP contribution in [0.1, 0.15) is 12.5 Å². The Morgan fingerprint density at radius 2 is 1.88 bits per heavy atom. The lowest BCUT2D eigenvalue weighted by Crippen LogP contribution is -2.61. The Morgan fingerprint density at radius 3 is 2.62 bits per heavy atom. The number of para-hydroxylation sites is 1. The van der Waals surface area contributed by atoms with Crippen LogP contribution in [0.2, 0.25) is 10.0 Å². The summed E-state index contributed by atoms with van der Waals surface area (Å²) < 4.78 is 28.6. The van der Waals surface area contributed by atoms with Gasteiger partial charge in [-0.25, -0.2) is 8.42 Å². The first-order valence-electron chi connectivity index (χ1n) is 10.5. The molecule has 8 nitrogen and oxygen atoms in total. The molecule has 11 heteroatoms. The summed E-state index contributed by atoms with van der Waals surface area (Å²) in [5, 5.41) is 4.27. The fraction of sp³-hybridized carbons (Fsp3) is 0.261. The van der Waals surface area contributed by atoms with Gasteiger partial charge in [-0.1, -0.05) is 47.5 Å². The van der Waals surface area contributed by atoms with Crippen molar-refractivity contribution in [3.63, 3.8) is 0 Å². The monoisotopic (exact) mass is 520 g/mol. The molecule has 0 aliphatic carbocycles. The van der Waals surface area contributed by atoms with Crippen LogP contribution in [0, 0.1) is 0 Å².